The standard InChI is InChI=1S/C21H38N4O.HI/c1-5-22-21(23-15-9-10-16-26-8-4)24-17-19-11-13-20(14-12-19)18-25(6-2)7-3;/h11-14H,5-10,15-18H2,1-4H3,(H2,22,23,24);1H. The Kier molecular flexibility index (Phi) is 16.7. The normalized spacial score (nSPS) is 11.4. The number of unbranched alkanes of at least 4 members (excludes halogenated alkanes) is 1. The highest BCUT2D eigenvalue weighted by atomic mass is 127. The molecular weight excluding hydrogens is 451 g/mol. The molecule has 1 rings (SSSR count). The van der Waals surface area contributed by atoms with Crippen LogP contribution in [0.2, 0.25) is 0 Å². The number of halogens is 1. The molecule has 1 aromatic rings. The molecule has 0 heterocycles. The van der Waals surface area contributed by atoms with Crippen LogP contribution in [-0.2, 0) is 17.8 Å². The Morgan fingerprint density at radius 2 is 1.63 bits per heavy atom. The van der Waals surface area contributed by atoms with Crippen molar-refractivity contribution in [2.75, 3.05) is 39.4 Å². The van der Waals surface area contributed by atoms with Crippen LogP contribution in [0.4, 0.5) is 0 Å². The summed E-state index contributed by atoms with van der Waals surface area (Å²) in [5, 5.41) is 6.71. The van der Waals surface area contributed by atoms with Gasteiger partial charge < -0.3 is 15.4 Å². The fourth-order valence-corrected chi connectivity index (χ4v) is 2.65. The highest BCUT2D eigenvalue weighted by Crippen LogP contribution is 2.08. The Morgan fingerprint density at radius 1 is 0.963 bits per heavy atom. The van der Waals surface area contributed by atoms with Crippen molar-refractivity contribution in [3.05, 3.63) is 35.4 Å². The van der Waals surface area contributed by atoms with Gasteiger partial charge in [0.25, 0.3) is 0 Å². The Morgan fingerprint density at radius 3 is 2.22 bits per heavy atom. The second-order valence-electron chi connectivity index (χ2n) is 6.30. The lowest BCUT2D eigenvalue weighted by molar-refractivity contribution is 0.143. The van der Waals surface area contributed by atoms with Gasteiger partial charge >= 0.3 is 0 Å². The number of hydrogen-bond donors (Lipinski definition) is 2. The van der Waals surface area contributed by atoms with Gasteiger partial charge in [0.05, 0.1) is 6.54 Å². The van der Waals surface area contributed by atoms with Crippen LogP contribution < -0.4 is 10.6 Å². The zero-order chi connectivity index (χ0) is 19.0. The van der Waals surface area contributed by atoms with Crippen LogP contribution in [0, 0.1) is 0 Å². The van der Waals surface area contributed by atoms with Crippen LogP contribution in [0.5, 0.6) is 0 Å². The quantitative estimate of drug-likeness (QED) is 0.190. The average Bonchev–Trinajstić information content (AvgIpc) is 2.67. The minimum absolute atomic E-state index is 0. The monoisotopic (exact) mass is 490 g/mol. The van der Waals surface area contributed by atoms with Gasteiger partial charge in [0.15, 0.2) is 5.96 Å². The van der Waals surface area contributed by atoms with Crippen molar-refractivity contribution < 1.29 is 4.74 Å². The van der Waals surface area contributed by atoms with Gasteiger partial charge in [-0.3, -0.25) is 4.90 Å². The van der Waals surface area contributed by atoms with E-state index in [9.17, 15) is 0 Å². The Hall–Kier alpha value is -0.860. The molecular formula is C21H39IN4O. The number of nitrogens with zero attached hydrogens (tertiary/aromatic N) is 2. The van der Waals surface area contributed by atoms with E-state index >= 15 is 0 Å². The van der Waals surface area contributed by atoms with Gasteiger partial charge in [-0.25, -0.2) is 4.99 Å². The van der Waals surface area contributed by atoms with E-state index in [-0.39, 0.29) is 24.0 Å². The summed E-state index contributed by atoms with van der Waals surface area (Å²) in [6, 6.07) is 8.82. The number of benzene rings is 1. The number of hydrogen-bond acceptors (Lipinski definition) is 3. The number of nitrogens with one attached hydrogen (secondary N) is 2. The second-order valence-corrected chi connectivity index (χ2v) is 6.30. The highest BCUT2D eigenvalue weighted by Gasteiger charge is 2.02. The summed E-state index contributed by atoms with van der Waals surface area (Å²) in [4.78, 5) is 7.12. The van der Waals surface area contributed by atoms with Crippen molar-refractivity contribution in [3.8, 4) is 0 Å². The molecule has 1 aromatic carbocycles. The number of rotatable bonds is 13. The Labute approximate surface area is 183 Å². The van der Waals surface area contributed by atoms with Crippen molar-refractivity contribution in [2.45, 2.75) is 53.6 Å². The van der Waals surface area contributed by atoms with Gasteiger partial charge in [-0.05, 0) is 50.9 Å². The first-order valence-corrected chi connectivity index (χ1v) is 10.1. The van der Waals surface area contributed by atoms with Crippen LogP contribution in [0.25, 0.3) is 0 Å². The van der Waals surface area contributed by atoms with Gasteiger partial charge in [0.2, 0.25) is 0 Å². The van der Waals surface area contributed by atoms with Gasteiger partial charge in [-0.1, -0.05) is 38.1 Å². The number of aliphatic imine (C=N–C) groups is 1. The van der Waals surface area contributed by atoms with E-state index in [4.69, 9.17) is 9.73 Å². The van der Waals surface area contributed by atoms with Crippen LogP contribution >= 0.6 is 24.0 Å². The molecule has 2 N–H and O–H groups in total. The van der Waals surface area contributed by atoms with E-state index in [0.29, 0.717) is 6.54 Å². The van der Waals surface area contributed by atoms with Crippen molar-refractivity contribution in [2.24, 2.45) is 4.99 Å². The molecule has 0 aliphatic carbocycles. The summed E-state index contributed by atoms with van der Waals surface area (Å²) in [6.07, 6.45) is 2.17. The van der Waals surface area contributed by atoms with Crippen molar-refractivity contribution >= 4 is 29.9 Å². The Balaban J connectivity index is 0.00000676. The third kappa shape index (κ3) is 12.3. The molecule has 0 aliphatic heterocycles. The van der Waals surface area contributed by atoms with Crippen LogP contribution in [0.15, 0.2) is 29.3 Å². The molecule has 6 heteroatoms. The third-order valence-corrected chi connectivity index (χ3v) is 4.30. The predicted molar refractivity (Wildman–Crippen MR) is 127 cm³/mol. The largest absolute Gasteiger partial charge is 0.382 e. The van der Waals surface area contributed by atoms with Gasteiger partial charge in [0.1, 0.15) is 0 Å². The fraction of sp³-hybridized carbons (Fsp3) is 0.667. The SMILES string of the molecule is CCNC(=NCc1ccc(CN(CC)CC)cc1)NCCCCOCC.I. The molecule has 0 bridgehead atoms. The topological polar surface area (TPSA) is 48.9 Å². The van der Waals surface area contributed by atoms with Crippen molar-refractivity contribution in [3.63, 3.8) is 0 Å². The zero-order valence-corrected chi connectivity index (χ0v) is 19.9. The maximum Gasteiger partial charge on any atom is 0.191 e. The molecule has 0 unspecified atom stereocenters. The van der Waals surface area contributed by atoms with Crippen LogP contribution in [-0.4, -0.2) is 50.3 Å². The first-order valence-electron chi connectivity index (χ1n) is 10.1. The van der Waals surface area contributed by atoms with Gasteiger partial charge in [-0.2, -0.15) is 0 Å². The average molecular weight is 490 g/mol. The van der Waals surface area contributed by atoms with Crippen molar-refractivity contribution in [1.29, 1.82) is 0 Å². The number of guanidine groups is 1. The van der Waals surface area contributed by atoms with Gasteiger partial charge in [0, 0.05) is 32.8 Å². The summed E-state index contributed by atoms with van der Waals surface area (Å²) < 4.78 is 5.36. The summed E-state index contributed by atoms with van der Waals surface area (Å²) in [7, 11) is 0. The van der Waals surface area contributed by atoms with E-state index in [1.165, 1.54) is 11.1 Å². The summed E-state index contributed by atoms with van der Waals surface area (Å²) >= 11 is 0. The lowest BCUT2D eigenvalue weighted by Gasteiger charge is -2.18. The molecule has 0 fully saturated rings. The molecule has 0 saturated carbocycles. The minimum atomic E-state index is 0. The van der Waals surface area contributed by atoms with E-state index in [2.05, 4.69) is 60.6 Å². The predicted octanol–water partition coefficient (Wildman–Crippen LogP) is 4.02. The molecule has 0 aliphatic rings. The molecule has 0 aromatic heterocycles. The minimum Gasteiger partial charge on any atom is -0.382 e. The summed E-state index contributed by atoms with van der Waals surface area (Å²) in [6.45, 7) is 15.8. The Bertz CT molecular complexity index is 489. The maximum absolute atomic E-state index is 5.36. The third-order valence-electron chi connectivity index (χ3n) is 4.30. The smallest absolute Gasteiger partial charge is 0.191 e. The molecule has 27 heavy (non-hydrogen) atoms. The zero-order valence-electron chi connectivity index (χ0n) is 17.6. The van der Waals surface area contributed by atoms with E-state index in [1.54, 1.807) is 0 Å². The molecule has 0 atom stereocenters. The van der Waals surface area contributed by atoms with E-state index < -0.39 is 0 Å². The first-order chi connectivity index (χ1) is 12.7. The molecule has 156 valence electrons. The maximum atomic E-state index is 5.36. The number of ether oxygens (including phenoxy) is 1. The highest BCUT2D eigenvalue weighted by molar-refractivity contribution is 14.0. The fourth-order valence-electron chi connectivity index (χ4n) is 2.65. The lowest BCUT2D eigenvalue weighted by atomic mass is 10.1. The molecule has 0 spiro atoms. The van der Waals surface area contributed by atoms with E-state index in [1.807, 2.05) is 6.92 Å². The lowest BCUT2D eigenvalue weighted by Crippen LogP contribution is -2.37. The van der Waals surface area contributed by atoms with Crippen LogP contribution in [0.1, 0.15) is 51.7 Å². The van der Waals surface area contributed by atoms with Crippen molar-refractivity contribution in [1.82, 2.24) is 15.5 Å². The van der Waals surface area contributed by atoms with Gasteiger partial charge in [-0.15, -0.1) is 24.0 Å². The second kappa shape index (κ2) is 17.3. The van der Waals surface area contributed by atoms with Crippen LogP contribution in [0.3, 0.4) is 0 Å². The molecule has 5 nitrogen and oxygen atoms in total. The molecule has 0 radical (unpaired) electrons. The molecule has 0 saturated heterocycles. The van der Waals surface area contributed by atoms with E-state index in [0.717, 1.165) is 64.7 Å². The molecule has 0 amide bonds. The summed E-state index contributed by atoms with van der Waals surface area (Å²) in [5.74, 6) is 0.885. The first kappa shape index (κ1) is 26.1. The summed E-state index contributed by atoms with van der Waals surface area (Å²) in [5.41, 5.74) is 2.60.